The summed E-state index contributed by atoms with van der Waals surface area (Å²) in [6, 6.07) is 7.04. The molecule has 1 fully saturated rings. The van der Waals surface area contributed by atoms with E-state index < -0.39 is 0 Å². The largest absolute Gasteiger partial charge is 0.337 e. The van der Waals surface area contributed by atoms with Crippen molar-refractivity contribution in [2.45, 2.75) is 57.9 Å². The fraction of sp³-hybridized carbons (Fsp3) is 0.632. The highest BCUT2D eigenvalue weighted by Gasteiger charge is 2.45. The van der Waals surface area contributed by atoms with Gasteiger partial charge in [0.05, 0.1) is 32.1 Å². The number of carbonyl (C=O) groups excluding carboxylic acids is 1. The second kappa shape index (κ2) is 6.41. The summed E-state index contributed by atoms with van der Waals surface area (Å²) >= 11 is 0. The van der Waals surface area contributed by atoms with Crippen LogP contribution in [0.25, 0.3) is 0 Å². The van der Waals surface area contributed by atoms with Crippen molar-refractivity contribution in [3.63, 3.8) is 0 Å². The monoisotopic (exact) mass is 301 g/mol. The van der Waals surface area contributed by atoms with Gasteiger partial charge in [-0.3, -0.25) is 4.79 Å². The van der Waals surface area contributed by atoms with Gasteiger partial charge < -0.3 is 9.80 Å². The Balaban J connectivity index is 1.88. The van der Waals surface area contributed by atoms with Crippen LogP contribution in [0.1, 0.15) is 56.1 Å². The van der Waals surface area contributed by atoms with Crippen molar-refractivity contribution in [3.05, 3.63) is 29.3 Å². The third-order valence-electron chi connectivity index (χ3n) is 5.34. The number of amides is 1. The standard InChI is InChI=1S/C19H28N2O/c1-4-5-6-7-19(22)21-17-9-8-14(2)12-15(17)16-13-20(3)11-10-18(16)21/h8-9,12,16,18H,4-7,10-11,13H2,1-3H3/p+1. The summed E-state index contributed by atoms with van der Waals surface area (Å²) in [5, 5.41) is 0. The summed E-state index contributed by atoms with van der Waals surface area (Å²) in [5.41, 5.74) is 3.91. The normalized spacial score (nSPS) is 26.7. The van der Waals surface area contributed by atoms with E-state index in [0.29, 0.717) is 24.3 Å². The Morgan fingerprint density at radius 1 is 1.36 bits per heavy atom. The zero-order chi connectivity index (χ0) is 15.7. The highest BCUT2D eigenvalue weighted by Crippen LogP contribution is 2.43. The molecule has 3 heteroatoms. The van der Waals surface area contributed by atoms with Crippen molar-refractivity contribution < 1.29 is 9.69 Å². The van der Waals surface area contributed by atoms with Crippen LogP contribution in [0.2, 0.25) is 0 Å². The topological polar surface area (TPSA) is 24.8 Å². The lowest BCUT2D eigenvalue weighted by Crippen LogP contribution is -3.11. The first kappa shape index (κ1) is 15.5. The van der Waals surface area contributed by atoms with Crippen LogP contribution in [-0.2, 0) is 4.79 Å². The van der Waals surface area contributed by atoms with Gasteiger partial charge in [-0.2, -0.15) is 0 Å². The Morgan fingerprint density at radius 3 is 2.95 bits per heavy atom. The van der Waals surface area contributed by atoms with Gasteiger partial charge in [0.25, 0.3) is 0 Å². The Labute approximate surface area is 134 Å². The molecule has 3 atom stereocenters. The summed E-state index contributed by atoms with van der Waals surface area (Å²) in [5.74, 6) is 0.865. The summed E-state index contributed by atoms with van der Waals surface area (Å²) in [7, 11) is 2.28. The van der Waals surface area contributed by atoms with E-state index in [4.69, 9.17) is 0 Å². The number of hydrogen-bond acceptors (Lipinski definition) is 1. The number of rotatable bonds is 4. The number of nitrogens with one attached hydrogen (secondary N) is 1. The third-order valence-corrected chi connectivity index (χ3v) is 5.34. The number of carbonyl (C=O) groups is 1. The minimum atomic E-state index is 0.339. The number of quaternary nitrogens is 1. The number of nitrogens with zero attached hydrogens (tertiary/aromatic N) is 1. The molecule has 0 saturated carbocycles. The van der Waals surface area contributed by atoms with Crippen molar-refractivity contribution in [2.24, 2.45) is 0 Å². The summed E-state index contributed by atoms with van der Waals surface area (Å²) < 4.78 is 0. The molecule has 1 saturated heterocycles. The lowest BCUT2D eigenvalue weighted by Gasteiger charge is -2.34. The molecule has 22 heavy (non-hydrogen) atoms. The number of benzene rings is 1. The lowest BCUT2D eigenvalue weighted by molar-refractivity contribution is -0.886. The first-order valence-corrected chi connectivity index (χ1v) is 8.85. The van der Waals surface area contributed by atoms with Crippen molar-refractivity contribution in [2.75, 3.05) is 25.0 Å². The molecule has 2 heterocycles. The van der Waals surface area contributed by atoms with E-state index in [2.05, 4.69) is 44.0 Å². The van der Waals surface area contributed by atoms with Gasteiger partial charge in [-0.15, -0.1) is 0 Å². The van der Waals surface area contributed by atoms with E-state index >= 15 is 0 Å². The van der Waals surface area contributed by atoms with Crippen LogP contribution in [0.15, 0.2) is 18.2 Å². The first-order valence-electron chi connectivity index (χ1n) is 8.85. The minimum absolute atomic E-state index is 0.339. The van der Waals surface area contributed by atoms with Crippen molar-refractivity contribution in [3.8, 4) is 0 Å². The van der Waals surface area contributed by atoms with Gasteiger partial charge in [0.1, 0.15) is 0 Å². The third kappa shape index (κ3) is 2.79. The number of hydrogen-bond donors (Lipinski definition) is 1. The molecule has 120 valence electrons. The smallest absolute Gasteiger partial charge is 0.227 e. The maximum absolute atomic E-state index is 12.8. The van der Waals surface area contributed by atoms with Gasteiger partial charge in [0.2, 0.25) is 5.91 Å². The first-order chi connectivity index (χ1) is 10.6. The number of anilines is 1. The number of piperidine rings is 1. The second-order valence-corrected chi connectivity index (χ2v) is 7.16. The zero-order valence-electron chi connectivity index (χ0n) is 14.2. The van der Waals surface area contributed by atoms with Crippen molar-refractivity contribution in [1.82, 2.24) is 0 Å². The molecule has 0 aromatic heterocycles. The molecule has 3 unspecified atom stereocenters. The maximum atomic E-state index is 12.8. The van der Waals surface area contributed by atoms with E-state index in [0.717, 1.165) is 25.8 Å². The van der Waals surface area contributed by atoms with Crippen LogP contribution in [0.3, 0.4) is 0 Å². The molecular weight excluding hydrogens is 272 g/mol. The van der Waals surface area contributed by atoms with E-state index in [-0.39, 0.29) is 0 Å². The SMILES string of the molecule is CCCCCC(=O)N1c2ccc(C)cc2C2C[NH+](C)CCC21. The van der Waals surface area contributed by atoms with E-state index in [1.807, 2.05) is 0 Å². The fourth-order valence-corrected chi connectivity index (χ4v) is 4.17. The van der Waals surface area contributed by atoms with Crippen molar-refractivity contribution >= 4 is 11.6 Å². The molecule has 3 rings (SSSR count). The predicted octanol–water partition coefficient (Wildman–Crippen LogP) is 2.29. The van der Waals surface area contributed by atoms with E-state index in [1.54, 1.807) is 4.90 Å². The van der Waals surface area contributed by atoms with Gasteiger partial charge in [0, 0.05) is 18.5 Å². The number of likely N-dealkylation sites (tertiary alicyclic amines) is 1. The molecular formula is C19H29N2O+. The van der Waals surface area contributed by atoms with Gasteiger partial charge in [-0.25, -0.2) is 0 Å². The summed E-state index contributed by atoms with van der Waals surface area (Å²) in [4.78, 5) is 16.6. The van der Waals surface area contributed by atoms with Crippen LogP contribution in [0, 0.1) is 6.92 Å². The Bertz CT molecular complexity index is 554. The zero-order valence-corrected chi connectivity index (χ0v) is 14.2. The molecule has 1 aromatic rings. The maximum Gasteiger partial charge on any atom is 0.227 e. The summed E-state index contributed by atoms with van der Waals surface area (Å²) in [6.45, 7) is 6.67. The van der Waals surface area contributed by atoms with Gasteiger partial charge in [-0.05, 0) is 25.0 Å². The molecule has 3 nitrogen and oxygen atoms in total. The van der Waals surface area contributed by atoms with Gasteiger partial charge in [0.15, 0.2) is 0 Å². The molecule has 1 aromatic carbocycles. The molecule has 0 spiro atoms. The minimum Gasteiger partial charge on any atom is -0.337 e. The summed E-state index contributed by atoms with van der Waals surface area (Å²) in [6.07, 6.45) is 5.18. The number of likely N-dealkylation sites (N-methyl/N-ethyl adjacent to an activating group) is 1. The van der Waals surface area contributed by atoms with Crippen LogP contribution in [0.4, 0.5) is 5.69 Å². The van der Waals surface area contributed by atoms with E-state index in [9.17, 15) is 4.79 Å². The van der Waals surface area contributed by atoms with Crippen LogP contribution in [-0.4, -0.2) is 32.1 Å². The molecule has 2 aliphatic rings. The van der Waals surface area contributed by atoms with E-state index in [1.165, 1.54) is 29.8 Å². The number of fused-ring (bicyclic) bond motifs is 3. The molecule has 1 amide bonds. The average Bonchev–Trinajstić information content (AvgIpc) is 2.80. The van der Waals surface area contributed by atoms with Gasteiger partial charge >= 0.3 is 0 Å². The van der Waals surface area contributed by atoms with Crippen molar-refractivity contribution in [1.29, 1.82) is 0 Å². The quantitative estimate of drug-likeness (QED) is 0.848. The molecule has 0 radical (unpaired) electrons. The molecule has 1 N–H and O–H groups in total. The molecule has 0 aliphatic carbocycles. The van der Waals surface area contributed by atoms with Crippen LogP contribution >= 0.6 is 0 Å². The lowest BCUT2D eigenvalue weighted by atomic mass is 9.89. The Kier molecular flexibility index (Phi) is 4.53. The Morgan fingerprint density at radius 2 is 2.18 bits per heavy atom. The number of unbranched alkanes of at least 4 members (excludes halogenated alkanes) is 2. The predicted molar refractivity (Wildman–Crippen MR) is 90.6 cm³/mol. The second-order valence-electron chi connectivity index (χ2n) is 7.16. The van der Waals surface area contributed by atoms with Gasteiger partial charge in [-0.1, -0.05) is 37.5 Å². The molecule has 0 bridgehead atoms. The molecule has 2 aliphatic heterocycles. The highest BCUT2D eigenvalue weighted by molar-refractivity contribution is 5.96. The fourth-order valence-electron chi connectivity index (χ4n) is 4.17. The van der Waals surface area contributed by atoms with Crippen LogP contribution < -0.4 is 9.80 Å². The average molecular weight is 301 g/mol. The number of aryl methyl sites for hydroxylation is 1. The highest BCUT2D eigenvalue weighted by atomic mass is 16.2. The Hall–Kier alpha value is -1.35. The van der Waals surface area contributed by atoms with Crippen LogP contribution in [0.5, 0.6) is 0 Å².